The minimum atomic E-state index is 0.696. The molecule has 0 saturated heterocycles. The molecule has 66 valence electrons. The van der Waals surface area contributed by atoms with Crippen LogP contribution >= 0.6 is 0 Å². The Morgan fingerprint density at radius 3 is 3.00 bits per heavy atom. The molecule has 1 fully saturated rings. The van der Waals surface area contributed by atoms with Crippen LogP contribution in [0.4, 0.5) is 0 Å². The van der Waals surface area contributed by atoms with E-state index in [9.17, 15) is 0 Å². The first-order valence-electron chi connectivity index (χ1n) is 4.74. The Morgan fingerprint density at radius 1 is 1.38 bits per heavy atom. The number of hydrogen-bond donors (Lipinski definition) is 0. The van der Waals surface area contributed by atoms with Crippen LogP contribution in [-0.4, -0.2) is 14.6 Å². The molecule has 0 amide bonds. The van der Waals surface area contributed by atoms with E-state index in [1.807, 2.05) is 16.6 Å². The number of aromatic nitrogens is 3. The van der Waals surface area contributed by atoms with Crippen LogP contribution in [-0.2, 0) is 0 Å². The van der Waals surface area contributed by atoms with Gasteiger partial charge in [0.15, 0.2) is 5.65 Å². The summed E-state index contributed by atoms with van der Waals surface area (Å²) in [6.45, 7) is 0. The summed E-state index contributed by atoms with van der Waals surface area (Å²) in [5.74, 6) is 0.696. The zero-order valence-electron chi connectivity index (χ0n) is 7.35. The van der Waals surface area contributed by atoms with E-state index >= 15 is 0 Å². The van der Waals surface area contributed by atoms with Crippen molar-refractivity contribution in [2.75, 3.05) is 0 Å². The van der Waals surface area contributed by atoms with Crippen molar-refractivity contribution in [3.63, 3.8) is 0 Å². The van der Waals surface area contributed by atoms with Gasteiger partial charge in [0, 0.05) is 12.1 Å². The van der Waals surface area contributed by atoms with Crippen molar-refractivity contribution in [2.45, 2.75) is 25.2 Å². The second kappa shape index (κ2) is 2.55. The Balaban J connectivity index is 2.10. The van der Waals surface area contributed by atoms with Crippen molar-refractivity contribution in [1.29, 1.82) is 0 Å². The molecule has 0 aromatic carbocycles. The van der Waals surface area contributed by atoms with Crippen molar-refractivity contribution < 1.29 is 0 Å². The van der Waals surface area contributed by atoms with E-state index in [2.05, 4.69) is 16.3 Å². The zero-order chi connectivity index (χ0) is 8.67. The molecular formula is C10H11N3. The summed E-state index contributed by atoms with van der Waals surface area (Å²) in [6, 6.07) is 3.92. The molecule has 2 aromatic heterocycles. The highest BCUT2D eigenvalue weighted by atomic mass is 15.2. The standard InChI is InChI=1S/C10H11N3/c1-3-8(4-1)9-7-13-10(12-9)5-2-6-11-13/h2,5-8H,1,3-4H2. The molecule has 2 aromatic rings. The molecule has 1 aliphatic carbocycles. The first-order chi connectivity index (χ1) is 6.43. The normalized spacial score (nSPS) is 17.5. The van der Waals surface area contributed by atoms with Gasteiger partial charge in [-0.05, 0) is 25.0 Å². The van der Waals surface area contributed by atoms with Crippen LogP contribution in [0, 0.1) is 0 Å². The highest BCUT2D eigenvalue weighted by Crippen LogP contribution is 2.35. The van der Waals surface area contributed by atoms with Gasteiger partial charge >= 0.3 is 0 Å². The third kappa shape index (κ3) is 1.03. The molecule has 1 aliphatic rings. The average molecular weight is 173 g/mol. The van der Waals surface area contributed by atoms with E-state index in [0.29, 0.717) is 5.92 Å². The lowest BCUT2D eigenvalue weighted by Gasteiger charge is -2.22. The summed E-state index contributed by atoms with van der Waals surface area (Å²) in [5, 5.41) is 4.20. The maximum absolute atomic E-state index is 4.54. The SMILES string of the molecule is c1cnn2cc(C3CCC3)nc2c1. The molecule has 0 aliphatic heterocycles. The van der Waals surface area contributed by atoms with Gasteiger partial charge in [-0.2, -0.15) is 5.10 Å². The summed E-state index contributed by atoms with van der Waals surface area (Å²) in [4.78, 5) is 4.54. The van der Waals surface area contributed by atoms with Gasteiger partial charge < -0.3 is 0 Å². The molecule has 3 heteroatoms. The smallest absolute Gasteiger partial charge is 0.153 e. The van der Waals surface area contributed by atoms with Gasteiger partial charge in [0.25, 0.3) is 0 Å². The lowest BCUT2D eigenvalue weighted by molar-refractivity contribution is 0.412. The molecule has 3 nitrogen and oxygen atoms in total. The summed E-state index contributed by atoms with van der Waals surface area (Å²) >= 11 is 0. The van der Waals surface area contributed by atoms with E-state index in [1.54, 1.807) is 6.20 Å². The minimum absolute atomic E-state index is 0.696. The molecule has 3 rings (SSSR count). The lowest BCUT2D eigenvalue weighted by Crippen LogP contribution is -2.08. The number of rotatable bonds is 1. The number of fused-ring (bicyclic) bond motifs is 1. The van der Waals surface area contributed by atoms with Crippen molar-refractivity contribution in [3.8, 4) is 0 Å². The van der Waals surface area contributed by atoms with E-state index < -0.39 is 0 Å². The summed E-state index contributed by atoms with van der Waals surface area (Å²) in [6.07, 6.45) is 7.79. The average Bonchev–Trinajstić information content (AvgIpc) is 2.43. The van der Waals surface area contributed by atoms with Gasteiger partial charge in [-0.3, -0.25) is 0 Å². The molecule has 0 bridgehead atoms. The van der Waals surface area contributed by atoms with Crippen LogP contribution in [0.2, 0.25) is 0 Å². The molecule has 0 N–H and O–H groups in total. The second-order valence-electron chi connectivity index (χ2n) is 3.62. The number of imidazole rings is 1. The predicted molar refractivity (Wildman–Crippen MR) is 49.6 cm³/mol. The van der Waals surface area contributed by atoms with Crippen molar-refractivity contribution in [2.24, 2.45) is 0 Å². The molecular weight excluding hydrogens is 162 g/mol. The highest BCUT2D eigenvalue weighted by molar-refractivity contribution is 5.38. The summed E-state index contributed by atoms with van der Waals surface area (Å²) < 4.78 is 1.85. The monoisotopic (exact) mass is 173 g/mol. The maximum atomic E-state index is 4.54. The van der Waals surface area contributed by atoms with Crippen molar-refractivity contribution >= 4 is 5.65 Å². The fourth-order valence-electron chi connectivity index (χ4n) is 1.75. The molecule has 1 saturated carbocycles. The van der Waals surface area contributed by atoms with Crippen LogP contribution in [0.15, 0.2) is 24.5 Å². The largest absolute Gasteiger partial charge is 0.232 e. The van der Waals surface area contributed by atoms with Gasteiger partial charge in [0.05, 0.1) is 11.9 Å². The molecule has 0 spiro atoms. The van der Waals surface area contributed by atoms with Crippen LogP contribution < -0.4 is 0 Å². The lowest BCUT2D eigenvalue weighted by atomic mass is 9.83. The Morgan fingerprint density at radius 2 is 2.31 bits per heavy atom. The fourth-order valence-corrected chi connectivity index (χ4v) is 1.75. The van der Waals surface area contributed by atoms with Crippen LogP contribution in [0.25, 0.3) is 5.65 Å². The van der Waals surface area contributed by atoms with Gasteiger partial charge in [-0.15, -0.1) is 0 Å². The molecule has 0 radical (unpaired) electrons. The molecule has 0 atom stereocenters. The van der Waals surface area contributed by atoms with E-state index in [4.69, 9.17) is 0 Å². The Hall–Kier alpha value is -1.38. The second-order valence-corrected chi connectivity index (χ2v) is 3.62. The van der Waals surface area contributed by atoms with E-state index in [0.717, 1.165) is 5.65 Å². The Labute approximate surface area is 76.4 Å². The predicted octanol–water partition coefficient (Wildman–Crippen LogP) is 2.00. The first-order valence-corrected chi connectivity index (χ1v) is 4.74. The summed E-state index contributed by atoms with van der Waals surface area (Å²) in [5.41, 5.74) is 2.18. The van der Waals surface area contributed by atoms with Gasteiger partial charge in [-0.25, -0.2) is 9.50 Å². The highest BCUT2D eigenvalue weighted by Gasteiger charge is 2.21. The number of hydrogen-bond acceptors (Lipinski definition) is 2. The maximum Gasteiger partial charge on any atom is 0.153 e. The topological polar surface area (TPSA) is 30.2 Å². The Bertz CT molecular complexity index is 395. The fraction of sp³-hybridized carbons (Fsp3) is 0.400. The third-order valence-electron chi connectivity index (χ3n) is 2.78. The van der Waals surface area contributed by atoms with Crippen molar-refractivity contribution in [1.82, 2.24) is 14.6 Å². The molecule has 13 heavy (non-hydrogen) atoms. The van der Waals surface area contributed by atoms with Crippen LogP contribution in [0.5, 0.6) is 0 Å². The summed E-state index contributed by atoms with van der Waals surface area (Å²) in [7, 11) is 0. The third-order valence-corrected chi connectivity index (χ3v) is 2.78. The molecule has 2 heterocycles. The van der Waals surface area contributed by atoms with Gasteiger partial charge in [-0.1, -0.05) is 6.42 Å². The van der Waals surface area contributed by atoms with Gasteiger partial charge in [0.2, 0.25) is 0 Å². The number of nitrogens with zero attached hydrogens (tertiary/aromatic N) is 3. The van der Waals surface area contributed by atoms with E-state index in [1.165, 1.54) is 25.0 Å². The molecule has 0 unspecified atom stereocenters. The van der Waals surface area contributed by atoms with Crippen molar-refractivity contribution in [3.05, 3.63) is 30.2 Å². The zero-order valence-corrected chi connectivity index (χ0v) is 7.35. The quantitative estimate of drug-likeness (QED) is 0.660. The minimum Gasteiger partial charge on any atom is -0.232 e. The first kappa shape index (κ1) is 7.06. The van der Waals surface area contributed by atoms with Gasteiger partial charge in [0.1, 0.15) is 0 Å². The Kier molecular flexibility index (Phi) is 1.39. The van der Waals surface area contributed by atoms with Crippen LogP contribution in [0.1, 0.15) is 30.9 Å². The van der Waals surface area contributed by atoms with E-state index in [-0.39, 0.29) is 0 Å². The van der Waals surface area contributed by atoms with Crippen LogP contribution in [0.3, 0.4) is 0 Å².